The highest BCUT2D eigenvalue weighted by molar-refractivity contribution is 7.99. The first-order valence-corrected chi connectivity index (χ1v) is 10.5. The molecule has 0 spiro atoms. The minimum Gasteiger partial charge on any atom is -0.486 e. The maximum Gasteiger partial charge on any atom is 0.278 e. The summed E-state index contributed by atoms with van der Waals surface area (Å²) in [5.74, 6) is 1.56. The summed E-state index contributed by atoms with van der Waals surface area (Å²) >= 11 is 1.20. The minimum atomic E-state index is -0.351. The number of amides is 1. The van der Waals surface area contributed by atoms with Crippen molar-refractivity contribution >= 4 is 17.7 Å². The zero-order valence-corrected chi connectivity index (χ0v) is 16.3. The molecule has 9 heteroatoms. The molecule has 1 amide bonds. The Bertz CT molecular complexity index is 909. The van der Waals surface area contributed by atoms with Gasteiger partial charge in [-0.05, 0) is 31.0 Å². The number of fused-ring (bicyclic) bond motifs is 1. The van der Waals surface area contributed by atoms with E-state index in [2.05, 4.69) is 15.2 Å². The van der Waals surface area contributed by atoms with Crippen molar-refractivity contribution in [3.63, 3.8) is 0 Å². The van der Waals surface area contributed by atoms with Gasteiger partial charge in [0.1, 0.15) is 13.2 Å². The molecule has 1 aromatic heterocycles. The molecule has 0 saturated carbocycles. The van der Waals surface area contributed by atoms with E-state index < -0.39 is 0 Å². The van der Waals surface area contributed by atoms with Crippen LogP contribution in [0.2, 0.25) is 0 Å². The molecule has 0 unspecified atom stereocenters. The number of H-pyrrole nitrogens is 1. The van der Waals surface area contributed by atoms with Gasteiger partial charge in [-0.25, -0.2) is 0 Å². The van der Waals surface area contributed by atoms with Crippen LogP contribution in [-0.4, -0.2) is 58.0 Å². The fraction of sp³-hybridized carbons (Fsp3) is 0.474. The lowest BCUT2D eigenvalue weighted by molar-refractivity contribution is -0.128. The van der Waals surface area contributed by atoms with Gasteiger partial charge in [-0.2, -0.15) is 0 Å². The van der Waals surface area contributed by atoms with Crippen LogP contribution < -0.4 is 15.0 Å². The zero-order chi connectivity index (χ0) is 19.3. The number of aromatic nitrogens is 3. The molecule has 148 valence electrons. The first kappa shape index (κ1) is 18.8. The molecule has 1 fully saturated rings. The molecule has 0 aliphatic carbocycles. The number of hydrogen-bond acceptors (Lipinski definition) is 7. The summed E-state index contributed by atoms with van der Waals surface area (Å²) in [6.07, 6.45) is 4.46. The summed E-state index contributed by atoms with van der Waals surface area (Å²) in [6.45, 7) is 2.60. The molecule has 0 bridgehead atoms. The third-order valence-corrected chi connectivity index (χ3v) is 5.63. The second-order valence-electron chi connectivity index (χ2n) is 6.75. The van der Waals surface area contributed by atoms with Crippen LogP contribution in [-0.2, 0) is 4.79 Å². The van der Waals surface area contributed by atoms with Crippen molar-refractivity contribution in [3.05, 3.63) is 28.6 Å². The van der Waals surface area contributed by atoms with Crippen molar-refractivity contribution in [1.29, 1.82) is 0 Å². The lowest BCUT2D eigenvalue weighted by atomic mass is 10.1. The maximum absolute atomic E-state index is 12.5. The van der Waals surface area contributed by atoms with Gasteiger partial charge in [0.2, 0.25) is 5.91 Å². The maximum atomic E-state index is 12.5. The van der Waals surface area contributed by atoms with Crippen molar-refractivity contribution in [3.8, 4) is 22.8 Å². The second kappa shape index (κ2) is 8.64. The highest BCUT2D eigenvalue weighted by Gasteiger charge is 2.18. The van der Waals surface area contributed by atoms with Crippen LogP contribution in [0.15, 0.2) is 28.2 Å². The number of rotatable bonds is 4. The number of nitrogens with zero attached hydrogens (tertiary/aromatic N) is 3. The highest BCUT2D eigenvalue weighted by atomic mass is 32.2. The molecule has 1 N–H and O–H groups in total. The number of carbonyl (C=O) groups excluding carboxylic acids is 1. The summed E-state index contributed by atoms with van der Waals surface area (Å²) in [6, 6.07) is 5.24. The molecule has 0 atom stereocenters. The van der Waals surface area contributed by atoms with E-state index >= 15 is 0 Å². The van der Waals surface area contributed by atoms with E-state index in [0.29, 0.717) is 35.4 Å². The first-order chi connectivity index (χ1) is 13.7. The van der Waals surface area contributed by atoms with Crippen LogP contribution in [0, 0.1) is 0 Å². The van der Waals surface area contributed by atoms with E-state index in [9.17, 15) is 9.59 Å². The summed E-state index contributed by atoms with van der Waals surface area (Å²) in [5.41, 5.74) is 0.465. The van der Waals surface area contributed by atoms with Gasteiger partial charge in [0.25, 0.3) is 5.56 Å². The van der Waals surface area contributed by atoms with E-state index in [-0.39, 0.29) is 22.9 Å². The molecule has 2 aliphatic heterocycles. The number of benzene rings is 1. The Kier molecular flexibility index (Phi) is 5.80. The van der Waals surface area contributed by atoms with Crippen LogP contribution in [0.25, 0.3) is 11.3 Å². The van der Waals surface area contributed by atoms with E-state index in [0.717, 1.165) is 25.9 Å². The quantitative estimate of drug-likeness (QED) is 0.782. The zero-order valence-electron chi connectivity index (χ0n) is 15.5. The summed E-state index contributed by atoms with van der Waals surface area (Å²) in [5, 5.41) is 8.49. The standard InChI is InChI=1S/C19H22N4O4S/c24-16(23-7-3-1-2-4-8-23)12-28-19-20-18(25)17(21-22-19)13-5-6-14-15(11-13)27-10-9-26-14/h5-6,11H,1-4,7-10,12H2,(H,20,22,25). The van der Waals surface area contributed by atoms with Gasteiger partial charge in [0.05, 0.1) is 5.75 Å². The monoisotopic (exact) mass is 402 g/mol. The molecule has 8 nitrogen and oxygen atoms in total. The lowest BCUT2D eigenvalue weighted by Crippen LogP contribution is -2.33. The van der Waals surface area contributed by atoms with Gasteiger partial charge in [0.15, 0.2) is 22.3 Å². The van der Waals surface area contributed by atoms with Gasteiger partial charge < -0.3 is 14.4 Å². The molecular weight excluding hydrogens is 380 g/mol. The van der Waals surface area contributed by atoms with E-state index in [1.807, 2.05) is 4.90 Å². The smallest absolute Gasteiger partial charge is 0.278 e. The molecule has 0 radical (unpaired) electrons. The molecule has 28 heavy (non-hydrogen) atoms. The predicted octanol–water partition coefficient (Wildman–Crippen LogP) is 2.10. The molecule has 1 aromatic carbocycles. The van der Waals surface area contributed by atoms with E-state index in [1.54, 1.807) is 18.2 Å². The summed E-state index contributed by atoms with van der Waals surface area (Å²) < 4.78 is 11.0. The number of carbonyl (C=O) groups is 1. The second-order valence-corrected chi connectivity index (χ2v) is 7.71. The Balaban J connectivity index is 1.43. The highest BCUT2D eigenvalue weighted by Crippen LogP contribution is 2.33. The number of aromatic amines is 1. The Morgan fingerprint density at radius 3 is 2.57 bits per heavy atom. The largest absolute Gasteiger partial charge is 0.486 e. The van der Waals surface area contributed by atoms with Crippen LogP contribution in [0.5, 0.6) is 11.5 Å². The van der Waals surface area contributed by atoms with Crippen LogP contribution >= 0.6 is 11.8 Å². The average Bonchev–Trinajstić information content (AvgIpc) is 3.01. The fourth-order valence-electron chi connectivity index (χ4n) is 3.31. The van der Waals surface area contributed by atoms with Crippen molar-refractivity contribution < 1.29 is 14.3 Å². The number of likely N-dealkylation sites (tertiary alicyclic amines) is 1. The average molecular weight is 402 g/mol. The number of ether oxygens (including phenoxy) is 2. The fourth-order valence-corrected chi connectivity index (χ4v) is 4.01. The molecule has 2 aromatic rings. The molecular formula is C19H22N4O4S. The van der Waals surface area contributed by atoms with E-state index in [4.69, 9.17) is 9.47 Å². The Hall–Kier alpha value is -2.55. The molecule has 4 rings (SSSR count). The Morgan fingerprint density at radius 2 is 1.82 bits per heavy atom. The van der Waals surface area contributed by atoms with Crippen LogP contribution in [0.1, 0.15) is 25.7 Å². The molecule has 3 heterocycles. The van der Waals surface area contributed by atoms with Gasteiger partial charge in [-0.1, -0.05) is 24.6 Å². The lowest BCUT2D eigenvalue weighted by Gasteiger charge is -2.19. The third kappa shape index (κ3) is 4.30. The van der Waals surface area contributed by atoms with E-state index in [1.165, 1.54) is 24.6 Å². The van der Waals surface area contributed by atoms with Gasteiger partial charge >= 0.3 is 0 Å². The third-order valence-electron chi connectivity index (χ3n) is 4.78. The van der Waals surface area contributed by atoms with Crippen molar-refractivity contribution in [1.82, 2.24) is 20.1 Å². The normalized spacial score (nSPS) is 16.5. The van der Waals surface area contributed by atoms with Crippen molar-refractivity contribution in [2.24, 2.45) is 0 Å². The first-order valence-electron chi connectivity index (χ1n) is 9.48. The van der Waals surface area contributed by atoms with Gasteiger partial charge in [-0.15, -0.1) is 10.2 Å². The number of nitrogens with one attached hydrogen (secondary N) is 1. The number of hydrogen-bond donors (Lipinski definition) is 1. The SMILES string of the molecule is O=C(CSc1nnc(-c2ccc3c(c2)OCCO3)c(=O)[nH]1)N1CCCCCC1. The van der Waals surface area contributed by atoms with Crippen LogP contribution in [0.4, 0.5) is 0 Å². The Labute approximate surface area is 166 Å². The predicted molar refractivity (Wildman–Crippen MR) is 105 cm³/mol. The van der Waals surface area contributed by atoms with Crippen LogP contribution in [0.3, 0.4) is 0 Å². The molecule has 2 aliphatic rings. The van der Waals surface area contributed by atoms with Crippen molar-refractivity contribution in [2.75, 3.05) is 32.1 Å². The topological polar surface area (TPSA) is 97.4 Å². The Morgan fingerprint density at radius 1 is 1.07 bits per heavy atom. The minimum absolute atomic E-state index is 0.0745. The molecule has 1 saturated heterocycles. The van der Waals surface area contributed by atoms with Gasteiger partial charge in [-0.3, -0.25) is 14.6 Å². The number of thioether (sulfide) groups is 1. The summed E-state index contributed by atoms with van der Waals surface area (Å²) in [4.78, 5) is 29.4. The van der Waals surface area contributed by atoms with Gasteiger partial charge in [0, 0.05) is 18.7 Å². The van der Waals surface area contributed by atoms with Crippen molar-refractivity contribution in [2.45, 2.75) is 30.8 Å². The summed E-state index contributed by atoms with van der Waals surface area (Å²) in [7, 11) is 0.